The molecule has 4 heteroatoms. The molecule has 0 unspecified atom stereocenters. The molecule has 0 saturated carbocycles. The minimum absolute atomic E-state index is 0.0650. The predicted octanol–water partition coefficient (Wildman–Crippen LogP) is 3.46. The Balaban J connectivity index is 1.38. The van der Waals surface area contributed by atoms with Crippen molar-refractivity contribution in [2.75, 3.05) is 13.1 Å². The summed E-state index contributed by atoms with van der Waals surface area (Å²) in [4.78, 5) is 14.6. The van der Waals surface area contributed by atoms with Gasteiger partial charge < -0.3 is 10.6 Å². The Morgan fingerprint density at radius 3 is 2.44 bits per heavy atom. The summed E-state index contributed by atoms with van der Waals surface area (Å²) >= 11 is 0. The lowest BCUT2D eigenvalue weighted by molar-refractivity contribution is 0.186. The van der Waals surface area contributed by atoms with Crippen LogP contribution < -0.4 is 10.6 Å². The smallest absolute Gasteiger partial charge is 0.315 e. The van der Waals surface area contributed by atoms with E-state index in [-0.39, 0.29) is 12.1 Å². The summed E-state index contributed by atoms with van der Waals surface area (Å²) in [6, 6.07) is 18.9. The number of hydrogen-bond acceptors (Lipinski definition) is 2. The fourth-order valence-electron chi connectivity index (χ4n) is 3.30. The summed E-state index contributed by atoms with van der Waals surface area (Å²) < 4.78 is 0. The van der Waals surface area contributed by atoms with E-state index in [1.54, 1.807) is 0 Å². The Labute approximate surface area is 150 Å². The van der Waals surface area contributed by atoms with Crippen LogP contribution in [0.3, 0.4) is 0 Å². The number of piperidine rings is 1. The van der Waals surface area contributed by atoms with Crippen LogP contribution in [-0.2, 0) is 13.1 Å². The van der Waals surface area contributed by atoms with Gasteiger partial charge in [0.15, 0.2) is 0 Å². The number of carbonyl (C=O) groups is 1. The second kappa shape index (κ2) is 8.67. The highest BCUT2D eigenvalue weighted by Gasteiger charge is 2.20. The number of amides is 2. The number of urea groups is 1. The molecule has 0 bridgehead atoms. The fourth-order valence-corrected chi connectivity index (χ4v) is 3.30. The molecule has 2 amide bonds. The van der Waals surface area contributed by atoms with E-state index >= 15 is 0 Å². The first kappa shape index (κ1) is 17.5. The van der Waals surface area contributed by atoms with E-state index in [9.17, 15) is 4.79 Å². The molecule has 1 saturated heterocycles. The Bertz CT molecular complexity index is 679. The number of rotatable bonds is 5. The van der Waals surface area contributed by atoms with E-state index in [0.29, 0.717) is 6.54 Å². The van der Waals surface area contributed by atoms with Crippen LogP contribution in [0, 0.1) is 6.92 Å². The molecule has 0 atom stereocenters. The fraction of sp³-hybridized carbons (Fsp3) is 0.381. The van der Waals surface area contributed by atoms with E-state index in [1.807, 2.05) is 12.1 Å². The van der Waals surface area contributed by atoms with Gasteiger partial charge in [-0.1, -0.05) is 54.6 Å². The van der Waals surface area contributed by atoms with Gasteiger partial charge in [-0.05, 0) is 36.5 Å². The highest BCUT2D eigenvalue weighted by Crippen LogP contribution is 2.14. The van der Waals surface area contributed by atoms with Gasteiger partial charge in [0.2, 0.25) is 0 Å². The van der Waals surface area contributed by atoms with Crippen molar-refractivity contribution in [2.24, 2.45) is 0 Å². The summed E-state index contributed by atoms with van der Waals surface area (Å²) in [6.07, 6.45) is 2.01. The predicted molar refractivity (Wildman–Crippen MR) is 101 cm³/mol. The van der Waals surface area contributed by atoms with Crippen LogP contribution in [0.4, 0.5) is 4.79 Å². The van der Waals surface area contributed by atoms with Gasteiger partial charge in [-0.3, -0.25) is 4.90 Å². The molecule has 1 fully saturated rings. The molecule has 0 radical (unpaired) electrons. The van der Waals surface area contributed by atoms with Gasteiger partial charge >= 0.3 is 6.03 Å². The molecule has 3 rings (SSSR count). The van der Waals surface area contributed by atoms with E-state index < -0.39 is 0 Å². The minimum Gasteiger partial charge on any atom is -0.335 e. The number of hydrogen-bond donors (Lipinski definition) is 2. The third-order valence-corrected chi connectivity index (χ3v) is 4.87. The van der Waals surface area contributed by atoms with Crippen molar-refractivity contribution in [3.05, 3.63) is 71.3 Å². The van der Waals surface area contributed by atoms with Crippen molar-refractivity contribution in [1.29, 1.82) is 0 Å². The zero-order valence-electron chi connectivity index (χ0n) is 14.9. The van der Waals surface area contributed by atoms with Gasteiger partial charge in [0.05, 0.1) is 0 Å². The van der Waals surface area contributed by atoms with Gasteiger partial charge in [0.25, 0.3) is 0 Å². The number of aryl methyl sites for hydroxylation is 1. The lowest BCUT2D eigenvalue weighted by atomic mass is 10.0. The highest BCUT2D eigenvalue weighted by atomic mass is 16.2. The molecule has 0 aromatic heterocycles. The van der Waals surface area contributed by atoms with Crippen LogP contribution in [0.15, 0.2) is 54.6 Å². The molecule has 4 nitrogen and oxygen atoms in total. The zero-order valence-corrected chi connectivity index (χ0v) is 14.9. The molecule has 2 aromatic carbocycles. The standard InChI is InChI=1S/C21H27N3O/c1-17-7-5-6-10-19(17)15-22-21(25)23-20-11-13-24(14-12-20)16-18-8-3-2-4-9-18/h2-10,20H,11-16H2,1H3,(H2,22,23,25). The second-order valence-corrected chi connectivity index (χ2v) is 6.79. The molecule has 2 aromatic rings. The average molecular weight is 337 g/mol. The van der Waals surface area contributed by atoms with Gasteiger partial charge in [-0.25, -0.2) is 4.79 Å². The molecule has 25 heavy (non-hydrogen) atoms. The third-order valence-electron chi connectivity index (χ3n) is 4.87. The first-order valence-corrected chi connectivity index (χ1v) is 9.06. The van der Waals surface area contributed by atoms with Crippen molar-refractivity contribution >= 4 is 6.03 Å². The first-order chi connectivity index (χ1) is 12.2. The van der Waals surface area contributed by atoms with Crippen LogP contribution >= 0.6 is 0 Å². The van der Waals surface area contributed by atoms with Crippen molar-refractivity contribution in [1.82, 2.24) is 15.5 Å². The number of nitrogens with zero attached hydrogens (tertiary/aromatic N) is 1. The molecular weight excluding hydrogens is 310 g/mol. The van der Waals surface area contributed by atoms with Crippen molar-refractivity contribution in [3.63, 3.8) is 0 Å². The largest absolute Gasteiger partial charge is 0.335 e. The summed E-state index contributed by atoms with van der Waals surface area (Å²) in [6.45, 7) is 5.69. The Morgan fingerprint density at radius 1 is 1.04 bits per heavy atom. The SMILES string of the molecule is Cc1ccccc1CNC(=O)NC1CCN(Cc2ccccc2)CC1. The van der Waals surface area contributed by atoms with Crippen LogP contribution in [-0.4, -0.2) is 30.1 Å². The minimum atomic E-state index is -0.0650. The first-order valence-electron chi connectivity index (χ1n) is 9.06. The molecule has 132 valence electrons. The summed E-state index contributed by atoms with van der Waals surface area (Å²) in [5.74, 6) is 0. The van der Waals surface area contributed by atoms with Gasteiger partial charge in [-0.15, -0.1) is 0 Å². The maximum absolute atomic E-state index is 12.1. The lowest BCUT2D eigenvalue weighted by Crippen LogP contribution is -2.47. The van der Waals surface area contributed by atoms with Crippen LogP contribution in [0.25, 0.3) is 0 Å². The second-order valence-electron chi connectivity index (χ2n) is 6.79. The summed E-state index contributed by atoms with van der Waals surface area (Å²) in [5, 5.41) is 6.09. The number of likely N-dealkylation sites (tertiary alicyclic amines) is 1. The maximum Gasteiger partial charge on any atom is 0.315 e. The Kier molecular flexibility index (Phi) is 6.07. The molecule has 1 aliphatic rings. The molecule has 2 N–H and O–H groups in total. The zero-order chi connectivity index (χ0) is 17.5. The van der Waals surface area contributed by atoms with E-state index in [0.717, 1.165) is 38.0 Å². The monoisotopic (exact) mass is 337 g/mol. The van der Waals surface area contributed by atoms with E-state index in [4.69, 9.17) is 0 Å². The van der Waals surface area contributed by atoms with E-state index in [1.165, 1.54) is 11.1 Å². The lowest BCUT2D eigenvalue weighted by Gasteiger charge is -2.32. The van der Waals surface area contributed by atoms with Crippen LogP contribution in [0.1, 0.15) is 29.5 Å². The van der Waals surface area contributed by atoms with Crippen molar-refractivity contribution in [3.8, 4) is 0 Å². The van der Waals surface area contributed by atoms with Crippen LogP contribution in [0.5, 0.6) is 0 Å². The van der Waals surface area contributed by atoms with Crippen molar-refractivity contribution in [2.45, 2.75) is 38.9 Å². The van der Waals surface area contributed by atoms with Crippen molar-refractivity contribution < 1.29 is 4.79 Å². The third kappa shape index (κ3) is 5.33. The summed E-state index contributed by atoms with van der Waals surface area (Å²) in [5.41, 5.74) is 3.72. The van der Waals surface area contributed by atoms with Gasteiger partial charge in [-0.2, -0.15) is 0 Å². The number of nitrogens with one attached hydrogen (secondary N) is 2. The molecule has 0 spiro atoms. The average Bonchev–Trinajstić information content (AvgIpc) is 2.64. The summed E-state index contributed by atoms with van der Waals surface area (Å²) in [7, 11) is 0. The molecule has 1 aliphatic heterocycles. The number of benzene rings is 2. The Hall–Kier alpha value is -2.33. The molecule has 0 aliphatic carbocycles. The topological polar surface area (TPSA) is 44.4 Å². The maximum atomic E-state index is 12.1. The quantitative estimate of drug-likeness (QED) is 0.877. The van der Waals surface area contributed by atoms with Crippen LogP contribution in [0.2, 0.25) is 0 Å². The molecule has 1 heterocycles. The van der Waals surface area contributed by atoms with Gasteiger partial charge in [0.1, 0.15) is 0 Å². The normalized spacial score (nSPS) is 15.7. The Morgan fingerprint density at radius 2 is 1.72 bits per heavy atom. The molecular formula is C21H27N3O. The number of carbonyl (C=O) groups excluding carboxylic acids is 1. The highest BCUT2D eigenvalue weighted by molar-refractivity contribution is 5.74. The van der Waals surface area contributed by atoms with Gasteiger partial charge in [0, 0.05) is 32.2 Å². The van der Waals surface area contributed by atoms with E-state index in [2.05, 4.69) is 64.9 Å².